The SMILES string of the molecule is COCCCNC(=O)CN(C)S(=O)(=O)c1ccccc1F. The van der Waals surface area contributed by atoms with Gasteiger partial charge in [0.15, 0.2) is 0 Å². The predicted octanol–water partition coefficient (Wildman–Crippen LogP) is 0.599. The van der Waals surface area contributed by atoms with Gasteiger partial charge in [-0.15, -0.1) is 0 Å². The second kappa shape index (κ2) is 8.06. The maximum atomic E-state index is 13.6. The van der Waals surface area contributed by atoms with Crippen molar-refractivity contribution in [3.05, 3.63) is 30.1 Å². The second-order valence-electron chi connectivity index (χ2n) is 4.39. The summed E-state index contributed by atoms with van der Waals surface area (Å²) in [5.41, 5.74) is 0. The molecule has 0 spiro atoms. The molecule has 1 aromatic rings. The van der Waals surface area contributed by atoms with Crippen molar-refractivity contribution >= 4 is 15.9 Å². The Kier molecular flexibility index (Phi) is 6.73. The summed E-state index contributed by atoms with van der Waals surface area (Å²) < 4.78 is 43.5. The van der Waals surface area contributed by atoms with Gasteiger partial charge in [0.05, 0.1) is 6.54 Å². The Morgan fingerprint density at radius 1 is 1.38 bits per heavy atom. The molecule has 0 aliphatic rings. The number of carbonyl (C=O) groups excluding carboxylic acids is 1. The predicted molar refractivity (Wildman–Crippen MR) is 75.7 cm³/mol. The minimum atomic E-state index is -4.03. The van der Waals surface area contributed by atoms with E-state index in [-0.39, 0.29) is 6.54 Å². The van der Waals surface area contributed by atoms with Crippen molar-refractivity contribution in [3.8, 4) is 0 Å². The molecule has 0 unspecified atom stereocenters. The number of halogens is 1. The Morgan fingerprint density at radius 3 is 2.67 bits per heavy atom. The third kappa shape index (κ3) is 5.07. The third-order valence-electron chi connectivity index (χ3n) is 2.74. The average molecular weight is 318 g/mol. The van der Waals surface area contributed by atoms with Crippen LogP contribution in [0.2, 0.25) is 0 Å². The zero-order chi connectivity index (χ0) is 15.9. The molecule has 6 nitrogen and oxygen atoms in total. The molecule has 1 N–H and O–H groups in total. The van der Waals surface area contributed by atoms with Crippen molar-refractivity contribution < 1.29 is 22.3 Å². The number of amides is 1. The topological polar surface area (TPSA) is 75.7 Å². The number of likely N-dealkylation sites (N-methyl/N-ethyl adjacent to an activating group) is 1. The van der Waals surface area contributed by atoms with E-state index in [1.54, 1.807) is 7.11 Å². The Hall–Kier alpha value is -1.51. The maximum Gasteiger partial charge on any atom is 0.246 e. The van der Waals surface area contributed by atoms with E-state index in [9.17, 15) is 17.6 Å². The van der Waals surface area contributed by atoms with Crippen LogP contribution in [0.1, 0.15) is 6.42 Å². The van der Waals surface area contributed by atoms with Crippen LogP contribution in [-0.2, 0) is 19.6 Å². The minimum absolute atomic E-state index is 0.371. The van der Waals surface area contributed by atoms with E-state index in [1.807, 2.05) is 0 Å². The highest BCUT2D eigenvalue weighted by atomic mass is 32.2. The van der Waals surface area contributed by atoms with Crippen LogP contribution in [-0.4, -0.2) is 52.5 Å². The summed E-state index contributed by atoms with van der Waals surface area (Å²) in [6.07, 6.45) is 0.631. The van der Waals surface area contributed by atoms with E-state index in [1.165, 1.54) is 19.2 Å². The lowest BCUT2D eigenvalue weighted by Crippen LogP contribution is -2.39. The Bertz CT molecular complexity index is 577. The first-order valence-electron chi connectivity index (χ1n) is 6.36. The van der Waals surface area contributed by atoms with Crippen LogP contribution < -0.4 is 5.32 Å². The van der Waals surface area contributed by atoms with E-state index in [0.29, 0.717) is 19.6 Å². The van der Waals surface area contributed by atoms with Gasteiger partial charge in [-0.1, -0.05) is 12.1 Å². The standard InChI is InChI=1S/C13H19FN2O4S/c1-16(10-13(17)15-8-5-9-20-2)21(18,19)12-7-4-3-6-11(12)14/h3-4,6-7H,5,8-10H2,1-2H3,(H,15,17). The van der Waals surface area contributed by atoms with E-state index in [2.05, 4.69) is 5.32 Å². The monoisotopic (exact) mass is 318 g/mol. The van der Waals surface area contributed by atoms with Crippen molar-refractivity contribution in [1.82, 2.24) is 9.62 Å². The van der Waals surface area contributed by atoms with Crippen LogP contribution in [0.4, 0.5) is 4.39 Å². The van der Waals surface area contributed by atoms with Crippen molar-refractivity contribution in [1.29, 1.82) is 0 Å². The van der Waals surface area contributed by atoms with E-state index < -0.39 is 26.6 Å². The molecule has 21 heavy (non-hydrogen) atoms. The number of sulfonamides is 1. The van der Waals surface area contributed by atoms with Crippen molar-refractivity contribution in [2.45, 2.75) is 11.3 Å². The summed E-state index contributed by atoms with van der Waals surface area (Å²) in [4.78, 5) is 11.2. The number of rotatable bonds is 8. The minimum Gasteiger partial charge on any atom is -0.385 e. The molecule has 118 valence electrons. The molecule has 1 rings (SSSR count). The lowest BCUT2D eigenvalue weighted by atomic mass is 10.4. The highest BCUT2D eigenvalue weighted by Crippen LogP contribution is 2.17. The Balaban J connectivity index is 2.64. The van der Waals surface area contributed by atoms with E-state index in [0.717, 1.165) is 16.4 Å². The largest absolute Gasteiger partial charge is 0.385 e. The van der Waals surface area contributed by atoms with Gasteiger partial charge in [0.1, 0.15) is 10.7 Å². The van der Waals surface area contributed by atoms with Crippen LogP contribution in [0.5, 0.6) is 0 Å². The van der Waals surface area contributed by atoms with E-state index in [4.69, 9.17) is 4.74 Å². The van der Waals surface area contributed by atoms with Gasteiger partial charge in [0, 0.05) is 27.3 Å². The fourth-order valence-corrected chi connectivity index (χ4v) is 2.80. The summed E-state index contributed by atoms with van der Waals surface area (Å²) in [5, 5.41) is 2.57. The molecular weight excluding hydrogens is 299 g/mol. The fourth-order valence-electron chi connectivity index (χ4n) is 1.61. The molecule has 0 fully saturated rings. The lowest BCUT2D eigenvalue weighted by molar-refractivity contribution is -0.121. The molecule has 0 aliphatic carbocycles. The smallest absolute Gasteiger partial charge is 0.246 e. The van der Waals surface area contributed by atoms with Gasteiger partial charge in [-0.3, -0.25) is 4.79 Å². The highest BCUT2D eigenvalue weighted by Gasteiger charge is 2.25. The van der Waals surface area contributed by atoms with Gasteiger partial charge in [-0.2, -0.15) is 4.31 Å². The van der Waals surface area contributed by atoms with Crippen molar-refractivity contribution in [3.63, 3.8) is 0 Å². The average Bonchev–Trinajstić information content (AvgIpc) is 2.43. The molecule has 1 aromatic carbocycles. The van der Waals surface area contributed by atoms with Crippen molar-refractivity contribution in [2.24, 2.45) is 0 Å². The van der Waals surface area contributed by atoms with Gasteiger partial charge in [-0.05, 0) is 18.6 Å². The molecule has 1 amide bonds. The molecule has 0 radical (unpaired) electrons. The first-order valence-corrected chi connectivity index (χ1v) is 7.80. The lowest BCUT2D eigenvalue weighted by Gasteiger charge is -2.17. The van der Waals surface area contributed by atoms with Crippen LogP contribution >= 0.6 is 0 Å². The van der Waals surface area contributed by atoms with Gasteiger partial charge < -0.3 is 10.1 Å². The zero-order valence-electron chi connectivity index (χ0n) is 12.0. The first kappa shape index (κ1) is 17.5. The summed E-state index contributed by atoms with van der Waals surface area (Å²) in [6, 6.07) is 5.05. The molecule has 0 saturated heterocycles. The van der Waals surface area contributed by atoms with Crippen molar-refractivity contribution in [2.75, 3.05) is 33.9 Å². The summed E-state index contributed by atoms with van der Waals surface area (Å²) in [7, 11) is -1.24. The Labute approximate surface area is 123 Å². The summed E-state index contributed by atoms with van der Waals surface area (Å²) in [6.45, 7) is 0.521. The fraction of sp³-hybridized carbons (Fsp3) is 0.462. The molecule has 0 aromatic heterocycles. The van der Waals surface area contributed by atoms with Gasteiger partial charge in [0.25, 0.3) is 0 Å². The number of hydrogen-bond acceptors (Lipinski definition) is 4. The number of hydrogen-bond donors (Lipinski definition) is 1. The van der Waals surface area contributed by atoms with Gasteiger partial charge >= 0.3 is 0 Å². The summed E-state index contributed by atoms with van der Waals surface area (Å²) in [5.74, 6) is -1.29. The van der Waals surface area contributed by atoms with Crippen LogP contribution in [0.3, 0.4) is 0 Å². The third-order valence-corrected chi connectivity index (χ3v) is 4.58. The second-order valence-corrected chi connectivity index (χ2v) is 6.40. The molecule has 0 atom stereocenters. The normalized spacial score (nSPS) is 11.6. The number of benzene rings is 1. The maximum absolute atomic E-state index is 13.6. The number of methoxy groups -OCH3 is 1. The van der Waals surface area contributed by atoms with Gasteiger partial charge in [0.2, 0.25) is 15.9 Å². The molecular formula is C13H19FN2O4S. The number of carbonyl (C=O) groups is 1. The zero-order valence-corrected chi connectivity index (χ0v) is 12.8. The molecule has 0 heterocycles. The quantitative estimate of drug-likeness (QED) is 0.712. The number of nitrogens with one attached hydrogen (secondary N) is 1. The van der Waals surface area contributed by atoms with Gasteiger partial charge in [-0.25, -0.2) is 12.8 Å². The van der Waals surface area contributed by atoms with Crippen LogP contribution in [0, 0.1) is 5.82 Å². The Morgan fingerprint density at radius 2 is 2.05 bits per heavy atom. The molecule has 0 aliphatic heterocycles. The molecule has 8 heteroatoms. The van der Waals surface area contributed by atoms with Crippen LogP contribution in [0.15, 0.2) is 29.2 Å². The number of ether oxygens (including phenoxy) is 1. The number of nitrogens with zero attached hydrogens (tertiary/aromatic N) is 1. The highest BCUT2D eigenvalue weighted by molar-refractivity contribution is 7.89. The first-order chi connectivity index (χ1) is 9.89. The van der Waals surface area contributed by atoms with E-state index >= 15 is 0 Å². The molecule has 0 saturated carbocycles. The van der Waals surface area contributed by atoms with Crippen LogP contribution in [0.25, 0.3) is 0 Å². The molecule has 0 bridgehead atoms. The summed E-state index contributed by atoms with van der Waals surface area (Å²) >= 11 is 0.